The minimum Gasteiger partial charge on any atom is -0.323 e. The van der Waals surface area contributed by atoms with Crippen LogP contribution in [0.25, 0.3) is 0 Å². The molecule has 8 saturated heterocycles. The zero-order valence-corrected chi connectivity index (χ0v) is 24.3. The van der Waals surface area contributed by atoms with Gasteiger partial charge in [0.05, 0.1) is 0 Å². The second-order valence-electron chi connectivity index (χ2n) is 14.7. The Morgan fingerprint density at radius 1 is 0.538 bits per heavy atom. The van der Waals surface area contributed by atoms with Crippen LogP contribution >= 0.6 is 0 Å². The number of hydrogen-bond acceptors (Lipinski definition) is 9. The predicted molar refractivity (Wildman–Crippen MR) is 135 cm³/mol. The molecular weight excluding hydrogens is 504 g/mol. The lowest BCUT2D eigenvalue weighted by molar-refractivity contribution is -0.590. The van der Waals surface area contributed by atoms with Crippen LogP contribution in [0.3, 0.4) is 0 Å². The van der Waals surface area contributed by atoms with Gasteiger partial charge in [-0.3, -0.25) is 0 Å². The van der Waals surface area contributed by atoms with E-state index in [1.165, 1.54) is 0 Å². The fraction of sp³-hybridized carbons (Fsp3) is 1.00. The van der Waals surface area contributed by atoms with Gasteiger partial charge in [0.1, 0.15) is 0 Å². The number of fused-ring (bicyclic) bond motifs is 4. The predicted octanol–water partition coefficient (Wildman–Crippen LogP) is 5.42. The molecule has 0 amide bonds. The van der Waals surface area contributed by atoms with Crippen LogP contribution in [-0.4, -0.2) is 47.9 Å². The van der Waals surface area contributed by atoms with Crippen LogP contribution in [0, 0.1) is 47.3 Å². The van der Waals surface area contributed by atoms with E-state index in [0.29, 0.717) is 23.7 Å². The van der Waals surface area contributed by atoms with Crippen LogP contribution in [0.1, 0.15) is 92.9 Å². The van der Waals surface area contributed by atoms with Crippen molar-refractivity contribution in [2.24, 2.45) is 47.3 Å². The molecular formula is C30H46O9. The van der Waals surface area contributed by atoms with Gasteiger partial charge in [-0.05, 0) is 76.0 Å². The van der Waals surface area contributed by atoms with Crippen molar-refractivity contribution in [3.63, 3.8) is 0 Å². The van der Waals surface area contributed by atoms with Crippen molar-refractivity contribution in [3.05, 3.63) is 0 Å². The third-order valence-corrected chi connectivity index (χ3v) is 12.5. The summed E-state index contributed by atoms with van der Waals surface area (Å²) < 4.78 is 33.4. The average Bonchev–Trinajstić information content (AvgIpc) is 3.27. The molecule has 0 radical (unpaired) electrons. The van der Waals surface area contributed by atoms with Crippen molar-refractivity contribution in [2.75, 3.05) is 0 Å². The molecule has 9 nitrogen and oxygen atoms in total. The molecule has 0 aromatic heterocycles. The van der Waals surface area contributed by atoms with Crippen molar-refractivity contribution < 1.29 is 43.2 Å². The molecule has 8 aliphatic heterocycles. The lowest BCUT2D eigenvalue weighted by atomic mass is 9.58. The third-order valence-electron chi connectivity index (χ3n) is 12.5. The quantitative estimate of drug-likeness (QED) is 0.419. The van der Waals surface area contributed by atoms with Gasteiger partial charge in [-0.25, -0.2) is 19.6 Å². The van der Waals surface area contributed by atoms with E-state index in [1.54, 1.807) is 0 Å². The van der Waals surface area contributed by atoms with Gasteiger partial charge in [-0.1, -0.05) is 27.7 Å². The van der Waals surface area contributed by atoms with E-state index in [2.05, 4.69) is 27.7 Å². The topological polar surface area (TPSA) is 83.1 Å². The van der Waals surface area contributed by atoms with Crippen LogP contribution in [-0.2, 0) is 43.2 Å². The number of hydrogen-bond donors (Lipinski definition) is 0. The summed E-state index contributed by atoms with van der Waals surface area (Å²) in [6.07, 6.45) is 5.95. The van der Waals surface area contributed by atoms with Crippen LogP contribution in [0.15, 0.2) is 0 Å². The van der Waals surface area contributed by atoms with Gasteiger partial charge in [0, 0.05) is 36.5 Å². The Bertz CT molecular complexity index is 919. The highest BCUT2D eigenvalue weighted by Gasteiger charge is 2.72. The smallest absolute Gasteiger partial charge is 0.201 e. The number of ether oxygens (including phenoxy) is 5. The van der Waals surface area contributed by atoms with E-state index < -0.39 is 47.9 Å². The number of rotatable bonds is 2. The molecule has 10 aliphatic rings. The Labute approximate surface area is 231 Å². The van der Waals surface area contributed by atoms with Crippen LogP contribution < -0.4 is 0 Å². The molecule has 9 heteroatoms. The normalized spacial score (nSPS) is 63.5. The summed E-state index contributed by atoms with van der Waals surface area (Å²) in [5, 5.41) is 0. The maximum atomic E-state index is 6.85. The first-order chi connectivity index (χ1) is 18.6. The zero-order valence-electron chi connectivity index (χ0n) is 24.3. The Morgan fingerprint density at radius 3 is 1.41 bits per heavy atom. The Hall–Kier alpha value is -0.360. The first-order valence-corrected chi connectivity index (χ1v) is 15.6. The SMILES string of the molecule is C[C@H]1[C@@H](O[C@@H]2O[C@@H]3O[C@]4(C)CC[C@H]5[C@H](C)CCC([C@H]2C)[C@@]35OO4)O[C@@H]2O[C@]3(C)CC[C@H]4[C@H](C)CC[C@@H]1[C@@]24OO3. The maximum absolute atomic E-state index is 6.85. The zero-order chi connectivity index (χ0) is 26.9. The summed E-state index contributed by atoms with van der Waals surface area (Å²) in [5.41, 5.74) is -1.21. The highest BCUT2D eigenvalue weighted by atomic mass is 17.3. The summed E-state index contributed by atoms with van der Waals surface area (Å²) in [6, 6.07) is 0. The molecule has 10 fully saturated rings. The van der Waals surface area contributed by atoms with E-state index in [4.69, 9.17) is 43.2 Å². The standard InChI is InChI=1S/C30H46O9/c1-15-7-9-21-17(3)23(32-25-29(21)19(15)11-13-27(5,34-25)36-38-29)31-24-18(4)22-10-8-16(2)20-12-14-28(6)35-26(33-24)30(20,22)39-37-28/h15-26H,7-14H2,1-6H3/t15-,16-,17-,18-,19+,20+,21+,22?,23+,24-,25-,26-,27+,28+,29-,30-/m1/s1. The summed E-state index contributed by atoms with van der Waals surface area (Å²) in [7, 11) is 0. The van der Waals surface area contributed by atoms with Crippen LogP contribution in [0.5, 0.6) is 0 Å². The van der Waals surface area contributed by atoms with E-state index in [1.807, 2.05) is 13.8 Å². The van der Waals surface area contributed by atoms with Crippen LogP contribution in [0.4, 0.5) is 0 Å². The molecule has 8 heterocycles. The molecule has 10 rings (SSSR count). The molecule has 0 N–H and O–H groups in total. The lowest BCUT2D eigenvalue weighted by Gasteiger charge is -2.62. The fourth-order valence-electron chi connectivity index (χ4n) is 10.2. The van der Waals surface area contributed by atoms with Gasteiger partial charge >= 0.3 is 0 Å². The molecule has 0 aromatic rings. The average molecular weight is 551 g/mol. The summed E-state index contributed by atoms with van der Waals surface area (Å²) in [6.45, 7) is 13.0. The van der Waals surface area contributed by atoms with Crippen molar-refractivity contribution in [1.29, 1.82) is 0 Å². The molecule has 1 unspecified atom stereocenters. The molecule has 2 saturated carbocycles. The summed E-state index contributed by atoms with van der Waals surface area (Å²) in [4.78, 5) is 24.6. The van der Waals surface area contributed by atoms with E-state index in [9.17, 15) is 0 Å². The molecule has 16 atom stereocenters. The highest BCUT2D eigenvalue weighted by Crippen LogP contribution is 2.63. The minimum atomic E-state index is -0.808. The fourth-order valence-corrected chi connectivity index (χ4v) is 10.2. The third kappa shape index (κ3) is 3.45. The lowest BCUT2D eigenvalue weighted by Crippen LogP contribution is -2.72. The van der Waals surface area contributed by atoms with Gasteiger partial charge in [0.25, 0.3) is 0 Å². The monoisotopic (exact) mass is 550 g/mol. The van der Waals surface area contributed by atoms with Gasteiger partial charge in [-0.15, -0.1) is 0 Å². The molecule has 220 valence electrons. The first kappa shape index (κ1) is 26.3. The second kappa shape index (κ2) is 8.60. The largest absolute Gasteiger partial charge is 0.323 e. The highest BCUT2D eigenvalue weighted by molar-refractivity contribution is 5.11. The van der Waals surface area contributed by atoms with Crippen molar-refractivity contribution >= 4 is 0 Å². The Balaban J connectivity index is 1.09. The molecule has 39 heavy (non-hydrogen) atoms. The van der Waals surface area contributed by atoms with Gasteiger partial charge in [0.15, 0.2) is 36.4 Å². The van der Waals surface area contributed by atoms with Gasteiger partial charge in [0.2, 0.25) is 11.6 Å². The minimum absolute atomic E-state index is 0.0836. The summed E-state index contributed by atoms with van der Waals surface area (Å²) >= 11 is 0. The Kier molecular flexibility index (Phi) is 5.80. The second-order valence-corrected chi connectivity index (χ2v) is 14.7. The molecule has 4 bridgehead atoms. The van der Waals surface area contributed by atoms with E-state index in [-0.39, 0.29) is 23.7 Å². The van der Waals surface area contributed by atoms with E-state index in [0.717, 1.165) is 51.4 Å². The maximum Gasteiger partial charge on any atom is 0.201 e. The molecule has 2 aliphatic carbocycles. The van der Waals surface area contributed by atoms with Crippen molar-refractivity contribution in [1.82, 2.24) is 0 Å². The van der Waals surface area contributed by atoms with Gasteiger partial charge < -0.3 is 23.7 Å². The summed E-state index contributed by atoms with van der Waals surface area (Å²) in [5.74, 6) is 0.661. The molecule has 0 aromatic carbocycles. The van der Waals surface area contributed by atoms with Crippen LogP contribution in [0.2, 0.25) is 0 Å². The Morgan fingerprint density at radius 2 is 0.974 bits per heavy atom. The van der Waals surface area contributed by atoms with E-state index >= 15 is 0 Å². The first-order valence-electron chi connectivity index (χ1n) is 15.6. The van der Waals surface area contributed by atoms with Crippen molar-refractivity contribution in [2.45, 2.75) is 141 Å². The van der Waals surface area contributed by atoms with Crippen molar-refractivity contribution in [3.8, 4) is 0 Å². The van der Waals surface area contributed by atoms with Gasteiger partial charge in [-0.2, -0.15) is 0 Å². The molecule has 2 spiro atoms.